The molecule has 0 amide bonds. The van der Waals surface area contributed by atoms with Gasteiger partial charge in [0.05, 0.1) is 37.0 Å². The third kappa shape index (κ3) is 4.63. The first-order chi connectivity index (χ1) is 22.8. The molecule has 6 rings (SSSR count). The Morgan fingerprint density at radius 2 is 0.979 bits per heavy atom. The highest BCUT2D eigenvalue weighted by Crippen LogP contribution is 2.61. The number of carbonyl (C=O) groups is 2. The number of rotatable bonds is 8. The van der Waals surface area contributed by atoms with E-state index >= 15 is 0 Å². The fourth-order valence-electron chi connectivity index (χ4n) is 7.09. The van der Waals surface area contributed by atoms with Crippen LogP contribution in [-0.4, -0.2) is 46.1 Å². The summed E-state index contributed by atoms with van der Waals surface area (Å²) in [6, 6.07) is 22.7. The van der Waals surface area contributed by atoms with Gasteiger partial charge in [0.2, 0.25) is 0 Å². The number of nitriles is 4. The molecule has 2 atom stereocenters. The molecule has 0 N–H and O–H groups in total. The molecule has 2 aromatic carbocycles. The number of benzene rings is 2. The van der Waals surface area contributed by atoms with Crippen molar-refractivity contribution in [1.82, 2.24) is 19.9 Å². The van der Waals surface area contributed by atoms with Crippen molar-refractivity contribution in [2.75, 3.05) is 14.2 Å². The summed E-state index contributed by atoms with van der Waals surface area (Å²) in [5, 5.41) is 39.6. The normalized spacial score (nSPS) is 17.8. The second-order valence-electron chi connectivity index (χ2n) is 11.3. The molecule has 2 aliphatic carbocycles. The largest absolute Gasteiger partial charge is 0.469 e. The van der Waals surface area contributed by atoms with Gasteiger partial charge >= 0.3 is 11.9 Å². The van der Waals surface area contributed by atoms with Crippen LogP contribution in [0.25, 0.3) is 22.5 Å². The van der Waals surface area contributed by atoms with E-state index in [1.165, 1.54) is 14.2 Å². The zero-order valence-electron chi connectivity index (χ0n) is 25.4. The van der Waals surface area contributed by atoms with Crippen LogP contribution in [0.5, 0.6) is 0 Å². The lowest BCUT2D eigenvalue weighted by molar-refractivity contribution is -0.141. The molecule has 228 valence electrons. The summed E-state index contributed by atoms with van der Waals surface area (Å²) in [6.45, 7) is 0. The number of methoxy groups -OCH3 is 2. The van der Waals surface area contributed by atoms with Gasteiger partial charge in [0.25, 0.3) is 0 Å². The minimum absolute atomic E-state index is 0.0437. The van der Waals surface area contributed by atoms with Gasteiger partial charge in [-0.25, -0.2) is 19.9 Å². The average molecular weight is 621 g/mol. The lowest BCUT2D eigenvalue weighted by Crippen LogP contribution is -2.40. The van der Waals surface area contributed by atoms with Crippen LogP contribution in [-0.2, 0) is 29.9 Å². The second-order valence-corrected chi connectivity index (χ2v) is 11.3. The molecule has 2 aromatic heterocycles. The molecular formula is C35H24N8O4. The third-order valence-electron chi connectivity index (χ3n) is 9.09. The maximum absolute atomic E-state index is 12.8. The van der Waals surface area contributed by atoms with E-state index < -0.39 is 22.8 Å². The van der Waals surface area contributed by atoms with Gasteiger partial charge in [0, 0.05) is 34.8 Å². The SMILES string of the molecule is COC(=O)CCC1(C[C@]2(CCC(=O)OC)c3ccccc3-c3nc(C#N)c(C#N)nc32)c2ccccc2-c2nc(C#N)c(C#N)nc21. The standard InChI is InChI=1S/C35H24N8O4/c1-46-28(44)11-13-34(22-9-5-3-7-20(22)30-32(34)42-26(17-38)24(15-36)40-30)19-35(14-12-29(45)47-2)23-10-6-4-8-21(23)31-33(35)43-27(18-39)25(16-37)41-31/h3-10H,11-14,19H2,1-2H3/t34-,35?/m1/s1. The fourth-order valence-corrected chi connectivity index (χ4v) is 7.09. The molecule has 0 fully saturated rings. The minimum Gasteiger partial charge on any atom is -0.469 e. The minimum atomic E-state index is -1.14. The molecule has 47 heavy (non-hydrogen) atoms. The van der Waals surface area contributed by atoms with Gasteiger partial charge in [-0.3, -0.25) is 9.59 Å². The summed E-state index contributed by atoms with van der Waals surface area (Å²) in [6.07, 6.45) is 0.359. The summed E-state index contributed by atoms with van der Waals surface area (Å²) < 4.78 is 10.1. The molecule has 4 aromatic rings. The molecule has 0 radical (unpaired) electrons. The van der Waals surface area contributed by atoms with Gasteiger partial charge in [0.15, 0.2) is 22.8 Å². The molecule has 0 aliphatic heterocycles. The van der Waals surface area contributed by atoms with Crippen LogP contribution in [0.4, 0.5) is 0 Å². The van der Waals surface area contributed by atoms with Gasteiger partial charge in [-0.1, -0.05) is 48.5 Å². The van der Waals surface area contributed by atoms with Crippen LogP contribution in [0.2, 0.25) is 0 Å². The Kier molecular flexibility index (Phi) is 7.65. The Labute approximate surface area is 269 Å². The first kappa shape index (κ1) is 30.5. The summed E-state index contributed by atoms with van der Waals surface area (Å²) in [7, 11) is 2.59. The summed E-state index contributed by atoms with van der Waals surface area (Å²) in [4.78, 5) is 44.3. The topological polar surface area (TPSA) is 199 Å². The molecule has 1 unspecified atom stereocenters. The highest BCUT2D eigenvalue weighted by atomic mass is 16.5. The predicted octanol–water partition coefficient (Wildman–Crippen LogP) is 4.28. The highest BCUT2D eigenvalue weighted by Gasteiger charge is 2.56. The number of hydrogen-bond acceptors (Lipinski definition) is 12. The summed E-state index contributed by atoms with van der Waals surface area (Å²) >= 11 is 0. The number of ether oxygens (including phenoxy) is 2. The van der Waals surface area contributed by atoms with Gasteiger partial charge in [-0.2, -0.15) is 21.0 Å². The number of nitrogens with zero attached hydrogens (tertiary/aromatic N) is 8. The molecule has 12 nitrogen and oxygen atoms in total. The first-order valence-corrected chi connectivity index (χ1v) is 14.6. The third-order valence-corrected chi connectivity index (χ3v) is 9.09. The molecular weight excluding hydrogens is 596 g/mol. The number of aromatic nitrogens is 4. The van der Waals surface area contributed by atoms with Crippen LogP contribution < -0.4 is 0 Å². The van der Waals surface area contributed by atoms with Crippen LogP contribution in [0.15, 0.2) is 48.5 Å². The Hall–Kier alpha value is -6.50. The lowest BCUT2D eigenvalue weighted by Gasteiger charge is -2.41. The molecule has 0 bridgehead atoms. The summed E-state index contributed by atoms with van der Waals surface area (Å²) in [5.41, 5.74) is 1.59. The fraction of sp³-hybridized carbons (Fsp3) is 0.257. The molecule has 0 saturated heterocycles. The molecule has 12 heteroatoms. The van der Waals surface area contributed by atoms with E-state index in [9.17, 15) is 30.6 Å². The van der Waals surface area contributed by atoms with Crippen molar-refractivity contribution < 1.29 is 19.1 Å². The van der Waals surface area contributed by atoms with Gasteiger partial charge in [-0.15, -0.1) is 0 Å². The first-order valence-electron chi connectivity index (χ1n) is 14.6. The van der Waals surface area contributed by atoms with Crippen molar-refractivity contribution in [3.05, 3.63) is 93.8 Å². The van der Waals surface area contributed by atoms with E-state index in [2.05, 4.69) is 9.97 Å². The number of fused-ring (bicyclic) bond motifs is 6. The van der Waals surface area contributed by atoms with Crippen molar-refractivity contribution >= 4 is 11.9 Å². The zero-order valence-corrected chi connectivity index (χ0v) is 25.4. The molecule has 0 spiro atoms. The van der Waals surface area contributed by atoms with E-state index in [1.807, 2.05) is 72.8 Å². The van der Waals surface area contributed by atoms with E-state index in [0.717, 1.165) is 11.1 Å². The van der Waals surface area contributed by atoms with Crippen molar-refractivity contribution in [2.45, 2.75) is 42.9 Å². The Bertz CT molecular complexity index is 2020. The second kappa shape index (κ2) is 11.8. The number of esters is 2. The van der Waals surface area contributed by atoms with E-state index in [1.54, 1.807) is 0 Å². The van der Waals surface area contributed by atoms with E-state index in [-0.39, 0.29) is 54.9 Å². The zero-order chi connectivity index (χ0) is 33.3. The van der Waals surface area contributed by atoms with Crippen LogP contribution >= 0.6 is 0 Å². The number of hydrogen-bond donors (Lipinski definition) is 0. The Morgan fingerprint density at radius 3 is 1.34 bits per heavy atom. The molecule has 2 aliphatic rings. The van der Waals surface area contributed by atoms with Crippen molar-refractivity contribution in [3.8, 4) is 46.8 Å². The molecule has 2 heterocycles. The highest BCUT2D eigenvalue weighted by molar-refractivity contribution is 5.82. The van der Waals surface area contributed by atoms with Crippen molar-refractivity contribution in [2.24, 2.45) is 0 Å². The summed E-state index contributed by atoms with van der Waals surface area (Å²) in [5.74, 6) is -0.947. The van der Waals surface area contributed by atoms with Crippen LogP contribution in [0.1, 0.15) is 77.4 Å². The smallest absolute Gasteiger partial charge is 0.305 e. The quantitative estimate of drug-likeness (QED) is 0.254. The maximum Gasteiger partial charge on any atom is 0.305 e. The molecule has 0 saturated carbocycles. The lowest BCUT2D eigenvalue weighted by atomic mass is 9.61. The van der Waals surface area contributed by atoms with Gasteiger partial charge in [-0.05, 0) is 30.4 Å². The van der Waals surface area contributed by atoms with E-state index in [4.69, 9.17) is 19.4 Å². The monoisotopic (exact) mass is 620 g/mol. The average Bonchev–Trinajstić information content (AvgIpc) is 3.54. The predicted molar refractivity (Wildman–Crippen MR) is 162 cm³/mol. The number of carbonyl (C=O) groups excluding carboxylic acids is 2. The van der Waals surface area contributed by atoms with Crippen molar-refractivity contribution in [1.29, 1.82) is 21.0 Å². The Morgan fingerprint density at radius 1 is 0.617 bits per heavy atom. The Balaban J connectivity index is 1.71. The van der Waals surface area contributed by atoms with Gasteiger partial charge in [0.1, 0.15) is 24.3 Å². The van der Waals surface area contributed by atoms with Crippen LogP contribution in [0, 0.1) is 45.3 Å². The van der Waals surface area contributed by atoms with Crippen LogP contribution in [0.3, 0.4) is 0 Å². The maximum atomic E-state index is 12.8. The van der Waals surface area contributed by atoms with Crippen molar-refractivity contribution in [3.63, 3.8) is 0 Å². The van der Waals surface area contributed by atoms with E-state index in [0.29, 0.717) is 33.9 Å². The van der Waals surface area contributed by atoms with Gasteiger partial charge < -0.3 is 9.47 Å².